The highest BCUT2D eigenvalue weighted by Gasteiger charge is 2.18. The van der Waals surface area contributed by atoms with Crippen LogP contribution in [0.25, 0.3) is 88.1 Å². The molecule has 0 saturated heterocycles. The molecular weight excluding hydrogens is 639 g/mol. The molecule has 0 aliphatic heterocycles. The Morgan fingerprint density at radius 1 is 0.288 bits per heavy atom. The van der Waals surface area contributed by atoms with Gasteiger partial charge in [-0.2, -0.15) is 0 Å². The van der Waals surface area contributed by atoms with Crippen molar-refractivity contribution in [2.45, 2.75) is 0 Å². The van der Waals surface area contributed by atoms with Gasteiger partial charge in [-0.3, -0.25) is 0 Å². The highest BCUT2D eigenvalue weighted by atomic mass is 16.3. The van der Waals surface area contributed by atoms with E-state index in [1.54, 1.807) is 0 Å². The normalized spacial score (nSPS) is 11.8. The molecule has 52 heavy (non-hydrogen) atoms. The molecule has 0 fully saturated rings. The largest absolute Gasteiger partial charge is 0.456 e. The van der Waals surface area contributed by atoms with Crippen molar-refractivity contribution in [1.29, 1.82) is 0 Å². The smallest absolute Gasteiger partial charge is 0.143 e. The Bertz CT molecular complexity index is 3090. The number of fused-ring (bicyclic) bond motifs is 9. The summed E-state index contributed by atoms with van der Waals surface area (Å²) in [5, 5.41) is 6.58. The van der Waals surface area contributed by atoms with E-state index in [4.69, 9.17) is 13.3 Å². The molecule has 11 aromatic rings. The zero-order valence-electron chi connectivity index (χ0n) is 27.9. The molecule has 0 bridgehead atoms. The Labute approximate surface area is 298 Å². The third kappa shape index (κ3) is 4.48. The van der Waals surface area contributed by atoms with Gasteiger partial charge in [0.05, 0.1) is 0 Å². The van der Waals surface area contributed by atoms with Crippen LogP contribution in [0.2, 0.25) is 0 Å². The fourth-order valence-corrected chi connectivity index (χ4v) is 7.78. The Morgan fingerprint density at radius 3 is 1.62 bits per heavy atom. The maximum absolute atomic E-state index is 6.74. The Balaban J connectivity index is 0.998. The summed E-state index contributed by atoms with van der Waals surface area (Å²) in [7, 11) is 0. The average Bonchev–Trinajstić information content (AvgIpc) is 3.89. The van der Waals surface area contributed by atoms with Gasteiger partial charge in [-0.05, 0) is 95.6 Å². The number of benzene rings is 8. The number of anilines is 3. The quantitative estimate of drug-likeness (QED) is 0.183. The molecular formula is C48H29NO3. The number of hydrogen-bond donors (Lipinski definition) is 0. The van der Waals surface area contributed by atoms with Crippen molar-refractivity contribution in [3.63, 3.8) is 0 Å². The van der Waals surface area contributed by atoms with Gasteiger partial charge in [0.2, 0.25) is 0 Å². The van der Waals surface area contributed by atoms with Crippen LogP contribution in [-0.4, -0.2) is 0 Å². The maximum atomic E-state index is 6.74. The van der Waals surface area contributed by atoms with Gasteiger partial charge in [-0.25, -0.2) is 0 Å². The minimum absolute atomic E-state index is 0.848. The third-order valence-corrected chi connectivity index (χ3v) is 10.3. The van der Waals surface area contributed by atoms with Crippen LogP contribution in [0.4, 0.5) is 17.1 Å². The summed E-state index contributed by atoms with van der Waals surface area (Å²) in [5.41, 5.74) is 12.8. The van der Waals surface area contributed by atoms with E-state index in [1.807, 2.05) is 24.3 Å². The standard InChI is InChI=1S/C48H29NO3/c1-3-10-33(11-4-1)49(34-12-5-2-6-13-34)35-21-23-38-40-16-9-15-36(48(40)52-47(38)29-35)32-20-25-45-42(27-32)39-22-18-31(28-46(39)51-45)30-19-24-44-41(26-30)37-14-7-8-17-43(37)50-44/h1-29H. The van der Waals surface area contributed by atoms with E-state index >= 15 is 0 Å². The molecule has 0 aliphatic rings. The molecule has 244 valence electrons. The van der Waals surface area contributed by atoms with Crippen molar-refractivity contribution in [2.24, 2.45) is 0 Å². The van der Waals surface area contributed by atoms with Gasteiger partial charge < -0.3 is 18.2 Å². The van der Waals surface area contributed by atoms with Crippen LogP contribution in [0, 0.1) is 0 Å². The van der Waals surface area contributed by atoms with E-state index in [-0.39, 0.29) is 0 Å². The summed E-state index contributed by atoms with van der Waals surface area (Å²) in [6.07, 6.45) is 0. The fourth-order valence-electron chi connectivity index (χ4n) is 7.78. The molecule has 0 saturated carbocycles. The first-order chi connectivity index (χ1) is 25.7. The predicted octanol–water partition coefficient (Wildman–Crippen LogP) is 14.2. The lowest BCUT2D eigenvalue weighted by Crippen LogP contribution is -2.09. The van der Waals surface area contributed by atoms with Gasteiger partial charge in [0.25, 0.3) is 0 Å². The monoisotopic (exact) mass is 667 g/mol. The van der Waals surface area contributed by atoms with Gasteiger partial charge in [0.15, 0.2) is 0 Å². The van der Waals surface area contributed by atoms with E-state index in [0.29, 0.717) is 0 Å². The zero-order valence-corrected chi connectivity index (χ0v) is 27.9. The molecule has 0 atom stereocenters. The second-order valence-corrected chi connectivity index (χ2v) is 13.3. The number of rotatable bonds is 5. The summed E-state index contributed by atoms with van der Waals surface area (Å²) >= 11 is 0. The minimum Gasteiger partial charge on any atom is -0.456 e. The Morgan fingerprint density at radius 2 is 0.827 bits per heavy atom. The van der Waals surface area contributed by atoms with Gasteiger partial charge in [0.1, 0.15) is 33.5 Å². The molecule has 3 aromatic heterocycles. The second kappa shape index (κ2) is 11.2. The van der Waals surface area contributed by atoms with E-state index in [0.717, 1.165) is 105 Å². The molecule has 0 amide bonds. The first-order valence-electron chi connectivity index (χ1n) is 17.5. The predicted molar refractivity (Wildman–Crippen MR) is 214 cm³/mol. The summed E-state index contributed by atoms with van der Waals surface area (Å²) in [4.78, 5) is 2.26. The van der Waals surface area contributed by atoms with Crippen LogP contribution in [0.3, 0.4) is 0 Å². The van der Waals surface area contributed by atoms with Crippen molar-refractivity contribution < 1.29 is 13.3 Å². The van der Waals surface area contributed by atoms with Crippen LogP contribution in [0.1, 0.15) is 0 Å². The van der Waals surface area contributed by atoms with Gasteiger partial charge in [-0.15, -0.1) is 0 Å². The maximum Gasteiger partial charge on any atom is 0.143 e. The molecule has 0 aliphatic carbocycles. The summed E-state index contributed by atoms with van der Waals surface area (Å²) < 4.78 is 19.3. The molecule has 4 heteroatoms. The van der Waals surface area contributed by atoms with Crippen LogP contribution in [0.15, 0.2) is 189 Å². The molecule has 11 rings (SSSR count). The van der Waals surface area contributed by atoms with Crippen molar-refractivity contribution in [1.82, 2.24) is 0 Å². The summed E-state index contributed by atoms with van der Waals surface area (Å²) in [6.45, 7) is 0. The number of hydrogen-bond acceptors (Lipinski definition) is 4. The van der Waals surface area contributed by atoms with Crippen molar-refractivity contribution in [3.8, 4) is 22.3 Å². The van der Waals surface area contributed by atoms with Crippen LogP contribution in [0.5, 0.6) is 0 Å². The minimum atomic E-state index is 0.848. The van der Waals surface area contributed by atoms with E-state index in [9.17, 15) is 0 Å². The zero-order chi connectivity index (χ0) is 34.2. The fraction of sp³-hybridized carbons (Fsp3) is 0. The molecule has 0 unspecified atom stereocenters. The second-order valence-electron chi connectivity index (χ2n) is 13.3. The highest BCUT2D eigenvalue weighted by Crippen LogP contribution is 2.42. The molecule has 0 spiro atoms. The average molecular weight is 668 g/mol. The summed E-state index contributed by atoms with van der Waals surface area (Å²) in [6, 6.07) is 61.3. The molecule has 0 N–H and O–H groups in total. The van der Waals surface area contributed by atoms with Crippen molar-refractivity contribution >= 4 is 82.9 Å². The number of nitrogens with zero attached hydrogens (tertiary/aromatic N) is 1. The topological polar surface area (TPSA) is 42.7 Å². The van der Waals surface area contributed by atoms with Crippen LogP contribution >= 0.6 is 0 Å². The van der Waals surface area contributed by atoms with E-state index < -0.39 is 0 Å². The molecule has 3 heterocycles. The first kappa shape index (κ1) is 28.8. The van der Waals surface area contributed by atoms with Gasteiger partial charge in [0, 0.05) is 61.0 Å². The molecule has 4 nitrogen and oxygen atoms in total. The summed E-state index contributed by atoms with van der Waals surface area (Å²) in [5.74, 6) is 0. The Hall–Kier alpha value is -7.04. The lowest BCUT2D eigenvalue weighted by Gasteiger charge is -2.25. The lowest BCUT2D eigenvalue weighted by molar-refractivity contribution is 0.668. The highest BCUT2D eigenvalue weighted by molar-refractivity contribution is 6.13. The van der Waals surface area contributed by atoms with E-state index in [2.05, 4.69) is 157 Å². The SMILES string of the molecule is c1ccc(N(c2ccccc2)c2ccc3c(c2)oc2c(-c4ccc5oc6cc(-c7ccc8oc9ccccc9c8c7)ccc6c5c4)cccc23)cc1. The van der Waals surface area contributed by atoms with Crippen molar-refractivity contribution in [3.05, 3.63) is 176 Å². The van der Waals surface area contributed by atoms with Gasteiger partial charge in [-0.1, -0.05) is 91.0 Å². The Kier molecular flexibility index (Phi) is 6.22. The van der Waals surface area contributed by atoms with Crippen molar-refractivity contribution in [2.75, 3.05) is 4.90 Å². The number of para-hydroxylation sites is 4. The van der Waals surface area contributed by atoms with Crippen LogP contribution in [-0.2, 0) is 0 Å². The molecule has 0 radical (unpaired) electrons. The van der Waals surface area contributed by atoms with Crippen LogP contribution < -0.4 is 4.90 Å². The lowest BCUT2D eigenvalue weighted by atomic mass is 9.99. The molecule has 8 aromatic carbocycles. The van der Waals surface area contributed by atoms with E-state index in [1.165, 1.54) is 0 Å². The third-order valence-electron chi connectivity index (χ3n) is 10.3. The number of furan rings is 3. The first-order valence-corrected chi connectivity index (χ1v) is 17.5. The van der Waals surface area contributed by atoms with Gasteiger partial charge >= 0.3 is 0 Å².